The fourth-order valence-corrected chi connectivity index (χ4v) is 3.36. The Bertz CT molecular complexity index is 583. The predicted molar refractivity (Wildman–Crippen MR) is 105 cm³/mol. The van der Waals surface area contributed by atoms with E-state index < -0.39 is 6.04 Å². The Morgan fingerprint density at radius 2 is 2.00 bits per heavy atom. The molecule has 0 spiro atoms. The Hall–Kier alpha value is -1.59. The highest BCUT2D eigenvalue weighted by molar-refractivity contribution is 6.30. The number of piperidine rings is 1. The largest absolute Gasteiger partial charge is 0.354 e. The molecule has 0 saturated carbocycles. The Morgan fingerprint density at radius 1 is 1.27 bits per heavy atom. The molecule has 1 saturated heterocycles. The molecule has 1 aromatic rings. The molecule has 0 aliphatic carbocycles. The highest BCUT2D eigenvalue weighted by Gasteiger charge is 2.23. The lowest BCUT2D eigenvalue weighted by Crippen LogP contribution is -2.48. The maximum atomic E-state index is 12.6. The molecule has 0 bridgehead atoms. The van der Waals surface area contributed by atoms with Crippen LogP contribution in [-0.4, -0.2) is 37.5 Å². The summed E-state index contributed by atoms with van der Waals surface area (Å²) in [6, 6.07) is 6.15. The Kier molecular flexibility index (Phi) is 8.39. The molecule has 1 heterocycles. The van der Waals surface area contributed by atoms with Crippen molar-refractivity contribution in [3.8, 4) is 0 Å². The fraction of sp³-hybridized carbons (Fsp3) is 0.600. The molecule has 1 fully saturated rings. The van der Waals surface area contributed by atoms with Gasteiger partial charge in [-0.05, 0) is 74.9 Å². The number of rotatable bonds is 8. The zero-order valence-corrected chi connectivity index (χ0v) is 16.4. The Labute approximate surface area is 161 Å². The van der Waals surface area contributed by atoms with E-state index in [1.165, 1.54) is 12.8 Å². The summed E-state index contributed by atoms with van der Waals surface area (Å²) in [5, 5.41) is 9.83. The van der Waals surface area contributed by atoms with E-state index in [-0.39, 0.29) is 11.8 Å². The lowest BCUT2D eigenvalue weighted by molar-refractivity contribution is -0.123. The predicted octanol–water partition coefficient (Wildman–Crippen LogP) is 2.99. The molecule has 1 aliphatic rings. The summed E-state index contributed by atoms with van der Waals surface area (Å²) in [5.41, 5.74) is 0.504. The highest BCUT2D eigenvalue weighted by Crippen LogP contribution is 2.14. The molecule has 2 atom stereocenters. The molecular formula is C20H30ClN3O2. The average Bonchev–Trinajstić information content (AvgIpc) is 2.62. The lowest BCUT2D eigenvalue weighted by atomic mass is 9.96. The van der Waals surface area contributed by atoms with Gasteiger partial charge in [-0.15, -0.1) is 0 Å². The molecule has 1 aromatic carbocycles. The number of halogens is 1. The van der Waals surface area contributed by atoms with Crippen LogP contribution in [0.2, 0.25) is 5.02 Å². The second-order valence-electron chi connectivity index (χ2n) is 7.45. The first-order valence-electron chi connectivity index (χ1n) is 9.50. The number of nitrogens with one attached hydrogen (secondary N) is 3. The molecule has 144 valence electrons. The van der Waals surface area contributed by atoms with Crippen LogP contribution in [0.3, 0.4) is 0 Å². The second-order valence-corrected chi connectivity index (χ2v) is 7.89. The molecule has 0 aromatic heterocycles. The molecule has 2 amide bonds. The standard InChI is InChI=1S/C20H30ClN3O2/c1-14(2)12-18(24-19(25)16-5-7-17(21)8-6-16)20(26)23-11-9-15-4-3-10-22-13-15/h5-8,14-15,18,22H,3-4,9-13H2,1-2H3,(H,23,26)(H,24,25). The molecule has 0 radical (unpaired) electrons. The molecular weight excluding hydrogens is 350 g/mol. The third-order valence-electron chi connectivity index (χ3n) is 4.69. The minimum atomic E-state index is -0.525. The van der Waals surface area contributed by atoms with Gasteiger partial charge in [0.25, 0.3) is 5.91 Å². The minimum absolute atomic E-state index is 0.107. The van der Waals surface area contributed by atoms with Gasteiger partial charge in [-0.1, -0.05) is 25.4 Å². The van der Waals surface area contributed by atoms with Crippen LogP contribution in [-0.2, 0) is 4.79 Å². The minimum Gasteiger partial charge on any atom is -0.354 e. The topological polar surface area (TPSA) is 70.2 Å². The van der Waals surface area contributed by atoms with Gasteiger partial charge in [-0.3, -0.25) is 9.59 Å². The third-order valence-corrected chi connectivity index (χ3v) is 4.94. The normalized spacial score (nSPS) is 18.4. The van der Waals surface area contributed by atoms with Crippen LogP contribution in [0.25, 0.3) is 0 Å². The van der Waals surface area contributed by atoms with Crippen molar-refractivity contribution < 1.29 is 9.59 Å². The monoisotopic (exact) mass is 379 g/mol. The number of hydrogen-bond acceptors (Lipinski definition) is 3. The van der Waals surface area contributed by atoms with E-state index in [1.807, 2.05) is 13.8 Å². The zero-order chi connectivity index (χ0) is 18.9. The number of hydrogen-bond donors (Lipinski definition) is 3. The van der Waals surface area contributed by atoms with Crippen LogP contribution < -0.4 is 16.0 Å². The number of carbonyl (C=O) groups is 2. The van der Waals surface area contributed by atoms with Gasteiger partial charge in [-0.2, -0.15) is 0 Å². The van der Waals surface area contributed by atoms with Crippen molar-refractivity contribution in [2.45, 2.75) is 45.6 Å². The Morgan fingerprint density at radius 3 is 2.62 bits per heavy atom. The molecule has 2 rings (SSSR count). The third kappa shape index (κ3) is 6.96. The SMILES string of the molecule is CC(C)CC(NC(=O)c1ccc(Cl)cc1)C(=O)NCCC1CCCNC1. The summed E-state index contributed by atoms with van der Waals surface area (Å²) in [6.45, 7) is 6.86. The summed E-state index contributed by atoms with van der Waals surface area (Å²) in [6.07, 6.45) is 3.99. The van der Waals surface area contributed by atoms with Crippen molar-refractivity contribution in [2.75, 3.05) is 19.6 Å². The van der Waals surface area contributed by atoms with Crippen molar-refractivity contribution >= 4 is 23.4 Å². The Balaban J connectivity index is 1.87. The molecule has 2 unspecified atom stereocenters. The van der Waals surface area contributed by atoms with E-state index in [1.54, 1.807) is 24.3 Å². The van der Waals surface area contributed by atoms with Gasteiger partial charge in [0.2, 0.25) is 5.91 Å². The van der Waals surface area contributed by atoms with Crippen LogP contribution in [0.4, 0.5) is 0 Å². The van der Waals surface area contributed by atoms with Crippen molar-refractivity contribution in [3.05, 3.63) is 34.9 Å². The van der Waals surface area contributed by atoms with Crippen molar-refractivity contribution in [3.63, 3.8) is 0 Å². The van der Waals surface area contributed by atoms with Gasteiger partial charge < -0.3 is 16.0 Å². The number of benzene rings is 1. The van der Waals surface area contributed by atoms with Crippen molar-refractivity contribution in [1.29, 1.82) is 0 Å². The van der Waals surface area contributed by atoms with E-state index >= 15 is 0 Å². The molecule has 5 nitrogen and oxygen atoms in total. The summed E-state index contributed by atoms with van der Waals surface area (Å²) < 4.78 is 0. The van der Waals surface area contributed by atoms with Gasteiger partial charge in [0, 0.05) is 17.1 Å². The van der Waals surface area contributed by atoms with Gasteiger partial charge in [0.15, 0.2) is 0 Å². The van der Waals surface area contributed by atoms with E-state index in [9.17, 15) is 9.59 Å². The number of carbonyl (C=O) groups excluding carboxylic acids is 2. The molecule has 1 aliphatic heterocycles. The van der Waals surface area contributed by atoms with Crippen LogP contribution in [0, 0.1) is 11.8 Å². The van der Waals surface area contributed by atoms with E-state index in [0.29, 0.717) is 35.4 Å². The highest BCUT2D eigenvalue weighted by atomic mass is 35.5. The average molecular weight is 380 g/mol. The van der Waals surface area contributed by atoms with E-state index in [4.69, 9.17) is 11.6 Å². The van der Waals surface area contributed by atoms with Gasteiger partial charge in [0.1, 0.15) is 6.04 Å². The summed E-state index contributed by atoms with van der Waals surface area (Å²) in [4.78, 5) is 25.0. The van der Waals surface area contributed by atoms with E-state index in [2.05, 4.69) is 16.0 Å². The summed E-state index contributed by atoms with van der Waals surface area (Å²) in [5.74, 6) is 0.568. The van der Waals surface area contributed by atoms with Crippen LogP contribution in [0.5, 0.6) is 0 Å². The summed E-state index contributed by atoms with van der Waals surface area (Å²) in [7, 11) is 0. The van der Waals surface area contributed by atoms with Gasteiger partial charge in [-0.25, -0.2) is 0 Å². The van der Waals surface area contributed by atoms with E-state index in [0.717, 1.165) is 19.5 Å². The van der Waals surface area contributed by atoms with Crippen LogP contribution >= 0.6 is 11.6 Å². The second kappa shape index (κ2) is 10.5. The smallest absolute Gasteiger partial charge is 0.251 e. The zero-order valence-electron chi connectivity index (χ0n) is 15.7. The quantitative estimate of drug-likeness (QED) is 0.650. The van der Waals surface area contributed by atoms with Crippen LogP contribution in [0.15, 0.2) is 24.3 Å². The van der Waals surface area contributed by atoms with Gasteiger partial charge >= 0.3 is 0 Å². The maximum Gasteiger partial charge on any atom is 0.251 e. The fourth-order valence-electron chi connectivity index (χ4n) is 3.24. The molecule has 3 N–H and O–H groups in total. The first-order valence-corrected chi connectivity index (χ1v) is 9.88. The lowest BCUT2D eigenvalue weighted by Gasteiger charge is -2.24. The van der Waals surface area contributed by atoms with Gasteiger partial charge in [0.05, 0.1) is 0 Å². The molecule has 6 heteroatoms. The van der Waals surface area contributed by atoms with Crippen LogP contribution in [0.1, 0.15) is 49.9 Å². The van der Waals surface area contributed by atoms with Crippen molar-refractivity contribution in [2.24, 2.45) is 11.8 Å². The van der Waals surface area contributed by atoms with Crippen molar-refractivity contribution in [1.82, 2.24) is 16.0 Å². The maximum absolute atomic E-state index is 12.6. The first-order chi connectivity index (χ1) is 12.5. The first kappa shape index (κ1) is 20.7. The summed E-state index contributed by atoms with van der Waals surface area (Å²) >= 11 is 5.86. The molecule has 26 heavy (non-hydrogen) atoms. The number of amides is 2.